The van der Waals surface area contributed by atoms with Gasteiger partial charge in [0.15, 0.2) is 5.96 Å². The number of nitrogens with one attached hydrogen (secondary N) is 2. The van der Waals surface area contributed by atoms with E-state index in [2.05, 4.69) is 20.6 Å². The molecule has 1 saturated carbocycles. The van der Waals surface area contributed by atoms with Gasteiger partial charge in [-0.2, -0.15) is 11.3 Å². The number of nitrogens with zero attached hydrogens (tertiary/aromatic N) is 2. The fourth-order valence-electron chi connectivity index (χ4n) is 2.52. The number of aliphatic hydroxyl groups is 1. The molecule has 2 heterocycles. The van der Waals surface area contributed by atoms with Crippen molar-refractivity contribution >= 4 is 17.3 Å². The third-order valence-corrected chi connectivity index (χ3v) is 5.15. The molecule has 146 valence electrons. The Hall–Kier alpha value is -2.12. The van der Waals surface area contributed by atoms with E-state index in [4.69, 9.17) is 4.74 Å². The van der Waals surface area contributed by atoms with Crippen LogP contribution in [0.1, 0.15) is 37.8 Å². The molecule has 0 radical (unpaired) electrons. The molecule has 3 N–H and O–H groups in total. The smallest absolute Gasteiger partial charge is 0.213 e. The Kier molecular flexibility index (Phi) is 6.68. The monoisotopic (exact) mass is 388 g/mol. The summed E-state index contributed by atoms with van der Waals surface area (Å²) < 4.78 is 5.66. The molecule has 27 heavy (non-hydrogen) atoms. The molecule has 3 rings (SSSR count). The molecular weight excluding hydrogens is 360 g/mol. The van der Waals surface area contributed by atoms with Gasteiger partial charge in [0, 0.05) is 18.8 Å². The lowest BCUT2D eigenvalue weighted by Gasteiger charge is -2.24. The van der Waals surface area contributed by atoms with Gasteiger partial charge in [-0.3, -0.25) is 0 Å². The minimum atomic E-state index is -0.946. The van der Waals surface area contributed by atoms with Crippen molar-refractivity contribution in [3.63, 3.8) is 0 Å². The van der Waals surface area contributed by atoms with Gasteiger partial charge in [0.1, 0.15) is 5.60 Å². The highest BCUT2D eigenvalue weighted by Gasteiger charge is 2.24. The molecule has 0 spiro atoms. The Labute approximate surface area is 164 Å². The quantitative estimate of drug-likeness (QED) is 0.455. The summed E-state index contributed by atoms with van der Waals surface area (Å²) in [5.74, 6) is 2.06. The summed E-state index contributed by atoms with van der Waals surface area (Å²) in [6, 6.07) is 5.83. The van der Waals surface area contributed by atoms with Crippen molar-refractivity contribution in [2.24, 2.45) is 10.9 Å². The van der Waals surface area contributed by atoms with E-state index >= 15 is 0 Å². The van der Waals surface area contributed by atoms with Crippen LogP contribution in [0.25, 0.3) is 0 Å². The summed E-state index contributed by atoms with van der Waals surface area (Å²) in [6.07, 6.45) is 4.34. The van der Waals surface area contributed by atoms with Crippen LogP contribution in [0.5, 0.6) is 5.88 Å². The Morgan fingerprint density at radius 2 is 2.22 bits per heavy atom. The number of ether oxygens (including phenoxy) is 1. The van der Waals surface area contributed by atoms with Gasteiger partial charge in [-0.15, -0.1) is 0 Å². The molecule has 0 saturated heterocycles. The normalized spacial score (nSPS) is 16.6. The molecule has 1 aliphatic rings. The SMILES string of the molecule is CCNC(=NCc1ccc(OCC2CC2)nc1)NCC(C)(O)c1ccsc1. The van der Waals surface area contributed by atoms with Crippen LogP contribution >= 0.6 is 11.3 Å². The number of pyridine rings is 1. The van der Waals surface area contributed by atoms with Crippen LogP contribution in [0, 0.1) is 5.92 Å². The van der Waals surface area contributed by atoms with Gasteiger partial charge >= 0.3 is 0 Å². The highest BCUT2D eigenvalue weighted by molar-refractivity contribution is 7.08. The minimum Gasteiger partial charge on any atom is -0.477 e. The van der Waals surface area contributed by atoms with Gasteiger partial charge in [0.2, 0.25) is 5.88 Å². The zero-order chi connectivity index (χ0) is 19.1. The van der Waals surface area contributed by atoms with Crippen LogP contribution in [0.4, 0.5) is 0 Å². The van der Waals surface area contributed by atoms with Crippen LogP contribution in [-0.4, -0.2) is 35.7 Å². The van der Waals surface area contributed by atoms with Crippen LogP contribution in [0.15, 0.2) is 40.1 Å². The fourth-order valence-corrected chi connectivity index (χ4v) is 3.30. The summed E-state index contributed by atoms with van der Waals surface area (Å²) in [4.78, 5) is 8.94. The predicted molar refractivity (Wildman–Crippen MR) is 109 cm³/mol. The largest absolute Gasteiger partial charge is 0.477 e. The Morgan fingerprint density at radius 3 is 2.85 bits per heavy atom. The lowest BCUT2D eigenvalue weighted by molar-refractivity contribution is 0.0621. The number of rotatable bonds is 9. The first-order valence-corrected chi connectivity index (χ1v) is 10.4. The van der Waals surface area contributed by atoms with Gasteiger partial charge in [0.05, 0.1) is 19.7 Å². The average Bonchev–Trinajstić information content (AvgIpc) is 3.32. The lowest BCUT2D eigenvalue weighted by Crippen LogP contribution is -2.44. The van der Waals surface area contributed by atoms with Crippen molar-refractivity contribution in [2.45, 2.75) is 38.8 Å². The summed E-state index contributed by atoms with van der Waals surface area (Å²) in [5, 5.41) is 21.0. The van der Waals surface area contributed by atoms with Crippen LogP contribution in [0.2, 0.25) is 0 Å². The highest BCUT2D eigenvalue weighted by Crippen LogP contribution is 2.29. The molecule has 0 bridgehead atoms. The van der Waals surface area contributed by atoms with E-state index in [0.29, 0.717) is 24.9 Å². The van der Waals surface area contributed by atoms with Crippen molar-refractivity contribution in [3.8, 4) is 5.88 Å². The molecule has 1 unspecified atom stereocenters. The molecule has 1 aliphatic carbocycles. The number of guanidine groups is 1. The van der Waals surface area contributed by atoms with Gasteiger partial charge in [0.25, 0.3) is 0 Å². The maximum atomic E-state index is 10.6. The second-order valence-corrected chi connectivity index (χ2v) is 7.87. The first kappa shape index (κ1) is 19.6. The fraction of sp³-hybridized carbons (Fsp3) is 0.500. The molecule has 2 aromatic heterocycles. The lowest BCUT2D eigenvalue weighted by atomic mass is 9.99. The molecule has 1 fully saturated rings. The van der Waals surface area contributed by atoms with Gasteiger partial charge in [-0.25, -0.2) is 9.98 Å². The second kappa shape index (κ2) is 9.19. The van der Waals surface area contributed by atoms with E-state index in [1.807, 2.05) is 35.9 Å². The van der Waals surface area contributed by atoms with E-state index < -0.39 is 5.60 Å². The van der Waals surface area contributed by atoms with Crippen molar-refractivity contribution in [3.05, 3.63) is 46.3 Å². The first-order valence-electron chi connectivity index (χ1n) is 9.42. The summed E-state index contributed by atoms with van der Waals surface area (Å²) in [6.45, 7) is 6.22. The molecule has 0 aromatic carbocycles. The third kappa shape index (κ3) is 6.22. The van der Waals surface area contributed by atoms with Crippen LogP contribution < -0.4 is 15.4 Å². The summed E-state index contributed by atoms with van der Waals surface area (Å²) in [5.41, 5.74) is 0.968. The van der Waals surface area contributed by atoms with Crippen LogP contribution in [0.3, 0.4) is 0 Å². The zero-order valence-corrected chi connectivity index (χ0v) is 16.8. The Morgan fingerprint density at radius 1 is 1.37 bits per heavy atom. The maximum Gasteiger partial charge on any atom is 0.213 e. The summed E-state index contributed by atoms with van der Waals surface area (Å²) >= 11 is 1.58. The van der Waals surface area contributed by atoms with Crippen molar-refractivity contribution < 1.29 is 9.84 Å². The van der Waals surface area contributed by atoms with E-state index in [9.17, 15) is 5.11 Å². The predicted octanol–water partition coefficient (Wildman–Crippen LogP) is 2.89. The topological polar surface area (TPSA) is 78.8 Å². The Balaban J connectivity index is 1.53. The molecule has 0 amide bonds. The van der Waals surface area contributed by atoms with Crippen molar-refractivity contribution in [1.82, 2.24) is 15.6 Å². The third-order valence-electron chi connectivity index (χ3n) is 4.47. The van der Waals surface area contributed by atoms with E-state index in [-0.39, 0.29) is 0 Å². The number of thiophene rings is 1. The molecule has 1 atom stereocenters. The molecule has 6 nitrogen and oxygen atoms in total. The highest BCUT2D eigenvalue weighted by atomic mass is 32.1. The van der Waals surface area contributed by atoms with Crippen LogP contribution in [-0.2, 0) is 12.1 Å². The second-order valence-electron chi connectivity index (χ2n) is 7.09. The number of hydrogen-bond donors (Lipinski definition) is 3. The number of aromatic nitrogens is 1. The zero-order valence-electron chi connectivity index (χ0n) is 15.9. The molecule has 7 heteroatoms. The Bertz CT molecular complexity index is 725. The van der Waals surface area contributed by atoms with Crippen molar-refractivity contribution in [2.75, 3.05) is 19.7 Å². The van der Waals surface area contributed by atoms with Gasteiger partial charge in [-0.1, -0.05) is 6.07 Å². The minimum absolute atomic E-state index is 0.377. The average molecular weight is 389 g/mol. The molecule has 2 aromatic rings. The molecular formula is C20H28N4O2S. The van der Waals surface area contributed by atoms with E-state index in [1.165, 1.54) is 12.8 Å². The van der Waals surface area contributed by atoms with E-state index in [0.717, 1.165) is 30.2 Å². The summed E-state index contributed by atoms with van der Waals surface area (Å²) in [7, 11) is 0. The molecule has 0 aliphatic heterocycles. The van der Waals surface area contributed by atoms with Gasteiger partial charge in [-0.05, 0) is 60.6 Å². The van der Waals surface area contributed by atoms with E-state index in [1.54, 1.807) is 24.5 Å². The number of aliphatic imine (C=N–C) groups is 1. The standard InChI is InChI=1S/C20H28N4O2S/c1-3-21-19(24-14-20(2,25)17-8-9-27-13-17)23-11-16-6-7-18(22-10-16)26-12-15-4-5-15/h6-10,13,15,25H,3-5,11-12,14H2,1-2H3,(H2,21,23,24). The first-order chi connectivity index (χ1) is 13.1. The number of hydrogen-bond acceptors (Lipinski definition) is 5. The van der Waals surface area contributed by atoms with Gasteiger partial charge < -0.3 is 20.5 Å². The maximum absolute atomic E-state index is 10.6. The van der Waals surface area contributed by atoms with Crippen molar-refractivity contribution in [1.29, 1.82) is 0 Å².